The maximum Gasteiger partial charge on any atom is 0.242 e. The Morgan fingerprint density at radius 2 is 1.88 bits per heavy atom. The molecule has 1 saturated heterocycles. The van der Waals surface area contributed by atoms with Crippen molar-refractivity contribution in [1.82, 2.24) is 14.7 Å². The zero-order valence-corrected chi connectivity index (χ0v) is 20.2. The first kappa shape index (κ1) is 23.0. The molecular formula is C25H30N4O3S. The van der Waals surface area contributed by atoms with Gasteiger partial charge in [0.2, 0.25) is 11.0 Å². The molecular weight excluding hydrogens is 436 g/mol. The predicted molar refractivity (Wildman–Crippen MR) is 131 cm³/mol. The molecule has 1 amide bonds. The number of aromatic nitrogens is 2. The molecule has 0 radical (unpaired) electrons. The van der Waals surface area contributed by atoms with Crippen molar-refractivity contribution >= 4 is 22.6 Å². The fraction of sp³-hybridized carbons (Fsp3) is 0.400. The number of hydrogen-bond donors (Lipinski definition) is 1. The van der Waals surface area contributed by atoms with Crippen LogP contribution in [-0.2, 0) is 17.6 Å². The molecule has 0 bridgehead atoms. The van der Waals surface area contributed by atoms with Crippen molar-refractivity contribution in [3.05, 3.63) is 65.0 Å². The molecule has 1 N–H and O–H groups in total. The number of ether oxygens (including phenoxy) is 2. The zero-order valence-electron chi connectivity index (χ0n) is 19.3. The van der Waals surface area contributed by atoms with Gasteiger partial charge in [-0.2, -0.15) is 4.37 Å². The van der Waals surface area contributed by atoms with Crippen LogP contribution >= 0.6 is 11.5 Å². The van der Waals surface area contributed by atoms with Crippen LogP contribution in [-0.4, -0.2) is 48.6 Å². The van der Waals surface area contributed by atoms with E-state index in [1.54, 1.807) is 14.2 Å². The zero-order chi connectivity index (χ0) is 23.2. The van der Waals surface area contributed by atoms with Crippen LogP contribution in [0.2, 0.25) is 0 Å². The summed E-state index contributed by atoms with van der Waals surface area (Å²) in [5, 5.41) is 3.92. The summed E-state index contributed by atoms with van der Waals surface area (Å²) in [6, 6.07) is 14.1. The van der Waals surface area contributed by atoms with Gasteiger partial charge in [-0.05, 0) is 49.4 Å². The lowest BCUT2D eigenvalue weighted by Crippen LogP contribution is -2.44. The standard InChI is InChI=1S/C25H30N4O3S/c1-17-6-8-18(9-7-17)16-23-27-25(33-28-23)29-14-4-5-20(29)24(30)26-13-12-19-10-11-21(31-2)22(15-19)32-3/h6-11,15,20H,4-5,12-14,16H2,1-3H3,(H,26,30). The first-order valence-corrected chi connectivity index (χ1v) is 12.0. The number of amides is 1. The Morgan fingerprint density at radius 3 is 2.64 bits per heavy atom. The van der Waals surface area contributed by atoms with E-state index in [1.807, 2.05) is 18.2 Å². The third-order valence-electron chi connectivity index (χ3n) is 5.90. The molecule has 3 aromatic rings. The van der Waals surface area contributed by atoms with Crippen LogP contribution in [0, 0.1) is 6.92 Å². The van der Waals surface area contributed by atoms with Crippen LogP contribution in [0.3, 0.4) is 0 Å². The van der Waals surface area contributed by atoms with E-state index in [-0.39, 0.29) is 11.9 Å². The van der Waals surface area contributed by atoms with Crippen LogP contribution in [0.4, 0.5) is 5.13 Å². The van der Waals surface area contributed by atoms with Gasteiger partial charge in [0.15, 0.2) is 11.5 Å². The van der Waals surface area contributed by atoms with Crippen molar-refractivity contribution in [3.8, 4) is 11.5 Å². The fourth-order valence-electron chi connectivity index (χ4n) is 4.07. The van der Waals surface area contributed by atoms with Crippen molar-refractivity contribution in [3.63, 3.8) is 0 Å². The van der Waals surface area contributed by atoms with Gasteiger partial charge in [0.05, 0.1) is 14.2 Å². The second-order valence-corrected chi connectivity index (χ2v) is 8.97. The van der Waals surface area contributed by atoms with Crippen molar-refractivity contribution in [2.24, 2.45) is 0 Å². The molecule has 0 spiro atoms. The van der Waals surface area contributed by atoms with E-state index < -0.39 is 0 Å². The number of methoxy groups -OCH3 is 2. The molecule has 1 aliphatic rings. The molecule has 4 rings (SSSR count). The smallest absolute Gasteiger partial charge is 0.242 e. The van der Waals surface area contributed by atoms with Gasteiger partial charge in [0.25, 0.3) is 0 Å². The highest BCUT2D eigenvalue weighted by atomic mass is 32.1. The molecule has 1 fully saturated rings. The Bertz CT molecular complexity index is 1080. The highest BCUT2D eigenvalue weighted by Crippen LogP contribution is 2.29. The van der Waals surface area contributed by atoms with Crippen molar-refractivity contribution in [2.75, 3.05) is 32.2 Å². The number of nitrogens with zero attached hydrogens (tertiary/aromatic N) is 3. The monoisotopic (exact) mass is 466 g/mol. The number of rotatable bonds is 9. The Morgan fingerprint density at radius 1 is 1.12 bits per heavy atom. The lowest BCUT2D eigenvalue weighted by atomic mass is 10.1. The van der Waals surface area contributed by atoms with Gasteiger partial charge in [-0.15, -0.1) is 0 Å². The summed E-state index contributed by atoms with van der Waals surface area (Å²) in [7, 11) is 3.24. The third kappa shape index (κ3) is 5.63. The molecule has 33 heavy (non-hydrogen) atoms. The molecule has 2 aromatic carbocycles. The fourth-order valence-corrected chi connectivity index (χ4v) is 4.84. The largest absolute Gasteiger partial charge is 0.493 e. The molecule has 8 heteroatoms. The summed E-state index contributed by atoms with van der Waals surface area (Å²) in [4.78, 5) is 19.8. The second kappa shape index (κ2) is 10.7. The van der Waals surface area contributed by atoms with E-state index in [0.29, 0.717) is 24.5 Å². The lowest BCUT2D eigenvalue weighted by Gasteiger charge is -2.22. The molecule has 2 heterocycles. The number of carbonyl (C=O) groups excluding carboxylic acids is 1. The number of nitrogens with one attached hydrogen (secondary N) is 1. The minimum Gasteiger partial charge on any atom is -0.493 e. The first-order valence-electron chi connectivity index (χ1n) is 11.2. The van der Waals surface area contributed by atoms with E-state index >= 15 is 0 Å². The molecule has 0 aliphatic carbocycles. The van der Waals surface area contributed by atoms with Crippen LogP contribution in [0.5, 0.6) is 11.5 Å². The minimum atomic E-state index is -0.199. The quantitative estimate of drug-likeness (QED) is 0.517. The van der Waals surface area contributed by atoms with Crippen LogP contribution in [0.15, 0.2) is 42.5 Å². The summed E-state index contributed by atoms with van der Waals surface area (Å²) in [6.45, 7) is 3.47. The molecule has 1 aliphatic heterocycles. The Balaban J connectivity index is 1.33. The van der Waals surface area contributed by atoms with Crippen molar-refractivity contribution < 1.29 is 14.3 Å². The average Bonchev–Trinajstić information content (AvgIpc) is 3.50. The highest BCUT2D eigenvalue weighted by molar-refractivity contribution is 7.09. The van der Waals surface area contributed by atoms with Crippen LogP contribution in [0.25, 0.3) is 0 Å². The van der Waals surface area contributed by atoms with E-state index in [2.05, 4.69) is 45.8 Å². The molecule has 1 unspecified atom stereocenters. The van der Waals surface area contributed by atoms with Gasteiger partial charge in [-0.1, -0.05) is 35.9 Å². The van der Waals surface area contributed by atoms with Crippen LogP contribution < -0.4 is 19.7 Å². The maximum atomic E-state index is 12.9. The van der Waals surface area contributed by atoms with Gasteiger partial charge >= 0.3 is 0 Å². The summed E-state index contributed by atoms with van der Waals surface area (Å²) >= 11 is 1.38. The number of aryl methyl sites for hydroxylation is 1. The summed E-state index contributed by atoms with van der Waals surface area (Å²) < 4.78 is 15.2. The summed E-state index contributed by atoms with van der Waals surface area (Å²) in [5.41, 5.74) is 3.51. The molecule has 0 saturated carbocycles. The van der Waals surface area contributed by atoms with E-state index in [9.17, 15) is 4.79 Å². The van der Waals surface area contributed by atoms with Gasteiger partial charge in [-0.25, -0.2) is 4.98 Å². The Labute approximate surface area is 198 Å². The van der Waals surface area contributed by atoms with Gasteiger partial charge in [0, 0.05) is 31.0 Å². The molecule has 1 aromatic heterocycles. The number of hydrogen-bond acceptors (Lipinski definition) is 7. The topological polar surface area (TPSA) is 76.6 Å². The minimum absolute atomic E-state index is 0.0447. The lowest BCUT2D eigenvalue weighted by molar-refractivity contribution is -0.122. The van der Waals surface area contributed by atoms with E-state index in [1.165, 1.54) is 22.7 Å². The highest BCUT2D eigenvalue weighted by Gasteiger charge is 2.32. The van der Waals surface area contributed by atoms with Crippen LogP contribution in [0.1, 0.15) is 35.4 Å². The SMILES string of the molecule is COc1ccc(CCNC(=O)C2CCCN2c2nc(Cc3ccc(C)cc3)ns2)cc1OC. The summed E-state index contributed by atoms with van der Waals surface area (Å²) in [6.07, 6.45) is 3.22. The van der Waals surface area contributed by atoms with Crippen molar-refractivity contribution in [2.45, 2.75) is 38.6 Å². The molecule has 174 valence electrons. The van der Waals surface area contributed by atoms with Crippen molar-refractivity contribution in [1.29, 1.82) is 0 Å². The van der Waals surface area contributed by atoms with Gasteiger partial charge in [-0.3, -0.25) is 4.79 Å². The number of carbonyl (C=O) groups is 1. The maximum absolute atomic E-state index is 12.9. The molecule has 1 atom stereocenters. The number of benzene rings is 2. The average molecular weight is 467 g/mol. The molecule has 7 nitrogen and oxygen atoms in total. The van der Waals surface area contributed by atoms with E-state index in [0.717, 1.165) is 42.3 Å². The first-order chi connectivity index (χ1) is 16.1. The Hall–Kier alpha value is -3.13. The third-order valence-corrected chi connectivity index (χ3v) is 6.69. The van der Waals surface area contributed by atoms with Gasteiger partial charge in [0.1, 0.15) is 11.9 Å². The van der Waals surface area contributed by atoms with Gasteiger partial charge < -0.3 is 19.7 Å². The summed E-state index contributed by atoms with van der Waals surface area (Å²) in [5.74, 6) is 2.24. The normalized spacial score (nSPS) is 15.5. The van der Waals surface area contributed by atoms with E-state index in [4.69, 9.17) is 14.5 Å². The second-order valence-electron chi connectivity index (χ2n) is 8.24. The number of anilines is 1. The Kier molecular flexibility index (Phi) is 7.44. The predicted octanol–water partition coefficient (Wildman–Crippen LogP) is 3.78.